The Balaban J connectivity index is 1.88. The third kappa shape index (κ3) is 4.68. The standard InChI is InChI=1S/C18H14ClN5O3S/c1-28(26,27)23-15-8-13(19)7-14(9-15)22-18(25)12-6-16(10-20)24(11-12)17-4-2-3-5-21-17/h2-9,11,23H,1H3,(H,22,25). The number of carbonyl (C=O) groups excluding carboxylic acids is 1. The zero-order chi connectivity index (χ0) is 20.3. The first-order valence-electron chi connectivity index (χ1n) is 7.89. The minimum absolute atomic E-state index is 0.217. The fourth-order valence-corrected chi connectivity index (χ4v) is 3.28. The first-order valence-corrected chi connectivity index (χ1v) is 10.2. The van der Waals surface area contributed by atoms with Crippen molar-refractivity contribution in [2.75, 3.05) is 16.3 Å². The number of anilines is 2. The molecule has 2 heterocycles. The Hall–Kier alpha value is -3.35. The van der Waals surface area contributed by atoms with Crippen molar-refractivity contribution in [2.24, 2.45) is 0 Å². The topological polar surface area (TPSA) is 117 Å². The van der Waals surface area contributed by atoms with E-state index in [9.17, 15) is 18.5 Å². The van der Waals surface area contributed by atoms with Crippen molar-refractivity contribution in [1.29, 1.82) is 5.26 Å². The Morgan fingerprint density at radius 2 is 1.96 bits per heavy atom. The average Bonchev–Trinajstić information content (AvgIpc) is 3.05. The molecule has 2 aromatic heterocycles. The quantitative estimate of drug-likeness (QED) is 0.664. The third-order valence-corrected chi connectivity index (χ3v) is 4.38. The number of sulfonamides is 1. The van der Waals surface area contributed by atoms with Gasteiger partial charge in [0.25, 0.3) is 5.91 Å². The number of hydrogen-bond donors (Lipinski definition) is 2. The van der Waals surface area contributed by atoms with E-state index in [1.54, 1.807) is 24.4 Å². The molecule has 28 heavy (non-hydrogen) atoms. The van der Waals surface area contributed by atoms with Crippen LogP contribution in [0, 0.1) is 11.3 Å². The lowest BCUT2D eigenvalue weighted by Gasteiger charge is -2.09. The van der Waals surface area contributed by atoms with Crippen molar-refractivity contribution in [3.63, 3.8) is 0 Å². The second-order valence-electron chi connectivity index (χ2n) is 5.84. The van der Waals surface area contributed by atoms with Gasteiger partial charge in [0.05, 0.1) is 17.5 Å². The second-order valence-corrected chi connectivity index (χ2v) is 8.03. The number of aromatic nitrogens is 2. The molecule has 0 saturated carbocycles. The first kappa shape index (κ1) is 19.4. The molecule has 8 nitrogen and oxygen atoms in total. The van der Waals surface area contributed by atoms with Crippen LogP contribution in [0.1, 0.15) is 16.1 Å². The van der Waals surface area contributed by atoms with E-state index in [-0.39, 0.29) is 22.0 Å². The third-order valence-electron chi connectivity index (χ3n) is 3.55. The number of nitriles is 1. The maximum absolute atomic E-state index is 12.6. The van der Waals surface area contributed by atoms with Gasteiger partial charge in [-0.25, -0.2) is 13.4 Å². The Labute approximate surface area is 166 Å². The number of nitrogens with one attached hydrogen (secondary N) is 2. The zero-order valence-corrected chi connectivity index (χ0v) is 16.1. The SMILES string of the molecule is CS(=O)(=O)Nc1cc(Cl)cc(NC(=O)c2cc(C#N)n(-c3ccccn3)c2)c1. The van der Waals surface area contributed by atoms with Gasteiger partial charge in [-0.05, 0) is 36.4 Å². The lowest BCUT2D eigenvalue weighted by atomic mass is 10.2. The van der Waals surface area contributed by atoms with E-state index in [0.29, 0.717) is 11.5 Å². The minimum atomic E-state index is -3.50. The maximum Gasteiger partial charge on any atom is 0.257 e. The van der Waals surface area contributed by atoms with Crippen LogP contribution >= 0.6 is 11.6 Å². The molecule has 0 aliphatic heterocycles. The van der Waals surface area contributed by atoms with Crippen molar-refractivity contribution >= 4 is 38.9 Å². The monoisotopic (exact) mass is 415 g/mol. The largest absolute Gasteiger partial charge is 0.322 e. The van der Waals surface area contributed by atoms with Gasteiger partial charge in [-0.3, -0.25) is 14.1 Å². The molecule has 0 atom stereocenters. The Morgan fingerprint density at radius 3 is 2.61 bits per heavy atom. The van der Waals surface area contributed by atoms with Gasteiger partial charge in [0.1, 0.15) is 17.6 Å². The van der Waals surface area contributed by atoms with Crippen molar-refractivity contribution < 1.29 is 13.2 Å². The van der Waals surface area contributed by atoms with Gasteiger partial charge in [-0.15, -0.1) is 0 Å². The van der Waals surface area contributed by atoms with Crippen LogP contribution in [0.2, 0.25) is 5.02 Å². The molecule has 0 spiro atoms. The normalized spacial score (nSPS) is 10.9. The highest BCUT2D eigenvalue weighted by molar-refractivity contribution is 7.92. The number of nitrogens with zero attached hydrogens (tertiary/aromatic N) is 3. The zero-order valence-electron chi connectivity index (χ0n) is 14.5. The predicted molar refractivity (Wildman–Crippen MR) is 106 cm³/mol. The summed E-state index contributed by atoms with van der Waals surface area (Å²) in [5, 5.41) is 12.2. The van der Waals surface area contributed by atoms with E-state index >= 15 is 0 Å². The predicted octanol–water partition coefficient (Wildman–Crippen LogP) is 3.02. The number of benzene rings is 1. The molecule has 0 unspecified atom stereocenters. The summed E-state index contributed by atoms with van der Waals surface area (Å²) in [5.41, 5.74) is 0.996. The Morgan fingerprint density at radius 1 is 1.21 bits per heavy atom. The van der Waals surface area contributed by atoms with Gasteiger partial charge in [-0.1, -0.05) is 17.7 Å². The highest BCUT2D eigenvalue weighted by Gasteiger charge is 2.15. The van der Waals surface area contributed by atoms with Gasteiger partial charge in [0, 0.05) is 23.1 Å². The first-order chi connectivity index (χ1) is 13.2. The van der Waals surface area contributed by atoms with Gasteiger partial charge >= 0.3 is 0 Å². The Kier molecular flexibility index (Phi) is 5.35. The van der Waals surface area contributed by atoms with Gasteiger partial charge in [0.2, 0.25) is 10.0 Å². The van der Waals surface area contributed by atoms with E-state index < -0.39 is 15.9 Å². The van der Waals surface area contributed by atoms with E-state index in [1.807, 2.05) is 6.07 Å². The van der Waals surface area contributed by atoms with Crippen molar-refractivity contribution in [3.8, 4) is 11.9 Å². The van der Waals surface area contributed by atoms with E-state index in [2.05, 4.69) is 15.0 Å². The number of amides is 1. The summed E-state index contributed by atoms with van der Waals surface area (Å²) in [6.45, 7) is 0. The molecule has 1 aromatic carbocycles. The maximum atomic E-state index is 12.6. The highest BCUT2D eigenvalue weighted by Crippen LogP contribution is 2.24. The molecule has 0 aliphatic rings. The molecule has 2 N–H and O–H groups in total. The highest BCUT2D eigenvalue weighted by atomic mass is 35.5. The van der Waals surface area contributed by atoms with Gasteiger partial charge < -0.3 is 5.32 Å². The minimum Gasteiger partial charge on any atom is -0.322 e. The van der Waals surface area contributed by atoms with Gasteiger partial charge in [0.15, 0.2) is 0 Å². The molecule has 0 saturated heterocycles. The molecule has 0 bridgehead atoms. The summed E-state index contributed by atoms with van der Waals surface area (Å²) in [6.07, 6.45) is 4.09. The summed E-state index contributed by atoms with van der Waals surface area (Å²) in [7, 11) is -3.50. The van der Waals surface area contributed by atoms with Gasteiger partial charge in [-0.2, -0.15) is 5.26 Å². The summed E-state index contributed by atoms with van der Waals surface area (Å²) in [6, 6.07) is 13.0. The molecule has 3 aromatic rings. The molecule has 0 radical (unpaired) electrons. The molecule has 142 valence electrons. The number of rotatable bonds is 5. The number of halogens is 1. The molecule has 0 fully saturated rings. The van der Waals surface area contributed by atoms with Crippen LogP contribution in [-0.4, -0.2) is 30.1 Å². The smallest absolute Gasteiger partial charge is 0.257 e. The second kappa shape index (κ2) is 7.72. The fraction of sp³-hybridized carbons (Fsp3) is 0.0556. The Bertz CT molecular complexity index is 1180. The van der Waals surface area contributed by atoms with Crippen LogP contribution in [0.4, 0.5) is 11.4 Å². The van der Waals surface area contributed by atoms with Crippen molar-refractivity contribution in [2.45, 2.75) is 0 Å². The van der Waals surface area contributed by atoms with Crippen LogP contribution in [-0.2, 0) is 10.0 Å². The molecular weight excluding hydrogens is 402 g/mol. The lowest BCUT2D eigenvalue weighted by molar-refractivity contribution is 0.102. The van der Waals surface area contributed by atoms with Crippen molar-refractivity contribution in [3.05, 3.63) is 71.1 Å². The number of hydrogen-bond acceptors (Lipinski definition) is 5. The summed E-state index contributed by atoms with van der Waals surface area (Å²) < 4.78 is 26.6. The fourth-order valence-electron chi connectivity index (χ4n) is 2.50. The summed E-state index contributed by atoms with van der Waals surface area (Å²) in [4.78, 5) is 16.8. The summed E-state index contributed by atoms with van der Waals surface area (Å²) >= 11 is 6.00. The average molecular weight is 416 g/mol. The van der Waals surface area contributed by atoms with E-state index in [0.717, 1.165) is 6.26 Å². The molecule has 1 amide bonds. The van der Waals surface area contributed by atoms with Crippen LogP contribution < -0.4 is 10.0 Å². The molecule has 3 rings (SSSR count). The van der Waals surface area contributed by atoms with Crippen LogP contribution in [0.3, 0.4) is 0 Å². The van der Waals surface area contributed by atoms with E-state index in [4.69, 9.17) is 11.6 Å². The lowest BCUT2D eigenvalue weighted by Crippen LogP contribution is -2.13. The van der Waals surface area contributed by atoms with Crippen LogP contribution in [0.15, 0.2) is 54.9 Å². The molecule has 0 aliphatic carbocycles. The summed E-state index contributed by atoms with van der Waals surface area (Å²) in [5.74, 6) is 0.0132. The molecule has 10 heteroatoms. The van der Waals surface area contributed by atoms with Crippen LogP contribution in [0.5, 0.6) is 0 Å². The number of pyridine rings is 1. The van der Waals surface area contributed by atoms with Crippen molar-refractivity contribution in [1.82, 2.24) is 9.55 Å². The number of carbonyl (C=O) groups is 1. The van der Waals surface area contributed by atoms with Crippen LogP contribution in [0.25, 0.3) is 5.82 Å². The van der Waals surface area contributed by atoms with E-state index in [1.165, 1.54) is 35.0 Å². The molecular formula is C18H14ClN5O3S.